The van der Waals surface area contributed by atoms with Crippen LogP contribution in [0.2, 0.25) is 0 Å². The molecule has 0 bridgehead atoms. The van der Waals surface area contributed by atoms with Gasteiger partial charge in [-0.25, -0.2) is 0 Å². The van der Waals surface area contributed by atoms with Gasteiger partial charge in [0.1, 0.15) is 6.61 Å². The van der Waals surface area contributed by atoms with E-state index in [1.807, 2.05) is 17.0 Å². The second-order valence-corrected chi connectivity index (χ2v) is 7.27. The van der Waals surface area contributed by atoms with E-state index in [-0.39, 0.29) is 0 Å². The lowest BCUT2D eigenvalue weighted by Crippen LogP contribution is -2.28. The molecule has 0 aliphatic carbocycles. The van der Waals surface area contributed by atoms with Gasteiger partial charge in [0, 0.05) is 26.1 Å². The Bertz CT molecular complexity index is 774. The Labute approximate surface area is 167 Å². The van der Waals surface area contributed by atoms with Gasteiger partial charge in [0.15, 0.2) is 11.5 Å². The fourth-order valence-corrected chi connectivity index (χ4v) is 3.35. The summed E-state index contributed by atoms with van der Waals surface area (Å²) in [5.41, 5.74) is 3.52. The summed E-state index contributed by atoms with van der Waals surface area (Å²) in [7, 11) is 1.67. The third-order valence-corrected chi connectivity index (χ3v) is 5.03. The third kappa shape index (κ3) is 5.73. The summed E-state index contributed by atoms with van der Waals surface area (Å²) in [4.78, 5) is 13.6. The molecule has 1 N–H and O–H groups in total. The zero-order valence-corrected chi connectivity index (χ0v) is 16.9. The van der Waals surface area contributed by atoms with E-state index in [1.165, 1.54) is 5.56 Å². The lowest BCUT2D eigenvalue weighted by molar-refractivity contribution is -0.127. The number of nitrogens with zero attached hydrogens (tertiary/aromatic N) is 1. The van der Waals surface area contributed by atoms with Gasteiger partial charge >= 0.3 is 0 Å². The number of benzene rings is 2. The highest BCUT2D eigenvalue weighted by Gasteiger charge is 2.18. The van der Waals surface area contributed by atoms with Gasteiger partial charge in [0.25, 0.3) is 0 Å². The van der Waals surface area contributed by atoms with Crippen molar-refractivity contribution < 1.29 is 14.3 Å². The highest BCUT2D eigenvalue weighted by molar-refractivity contribution is 5.77. The zero-order valence-electron chi connectivity index (χ0n) is 16.9. The monoisotopic (exact) mass is 382 g/mol. The summed E-state index contributed by atoms with van der Waals surface area (Å²) in [6, 6.07) is 14.4. The standard InChI is InChI=1S/C23H30N2O3/c1-18-6-8-19(9-7-18)17-28-21-11-10-20(15-22(21)27-2)16-24-12-4-14-25-13-3-5-23(25)26/h6-11,15,24H,3-5,12-14,16-17H2,1-2H3. The molecule has 0 unspecified atom stereocenters. The van der Waals surface area contributed by atoms with Crippen molar-refractivity contribution in [1.82, 2.24) is 10.2 Å². The van der Waals surface area contributed by atoms with E-state index in [0.717, 1.165) is 61.6 Å². The van der Waals surface area contributed by atoms with Gasteiger partial charge in [-0.15, -0.1) is 0 Å². The van der Waals surface area contributed by atoms with E-state index in [4.69, 9.17) is 9.47 Å². The highest BCUT2D eigenvalue weighted by atomic mass is 16.5. The van der Waals surface area contributed by atoms with E-state index in [9.17, 15) is 4.79 Å². The Morgan fingerprint density at radius 2 is 1.86 bits per heavy atom. The number of carbonyl (C=O) groups is 1. The number of aryl methyl sites for hydroxylation is 1. The number of methoxy groups -OCH3 is 1. The predicted octanol–water partition coefficient (Wildman–Crippen LogP) is 3.68. The second kappa shape index (κ2) is 10.1. The number of likely N-dealkylation sites (tertiary alicyclic amines) is 1. The quantitative estimate of drug-likeness (QED) is 0.637. The van der Waals surface area contributed by atoms with E-state index in [1.54, 1.807) is 7.11 Å². The zero-order chi connectivity index (χ0) is 19.8. The Morgan fingerprint density at radius 3 is 2.57 bits per heavy atom. The summed E-state index contributed by atoms with van der Waals surface area (Å²) in [6.07, 6.45) is 2.69. The summed E-state index contributed by atoms with van der Waals surface area (Å²) in [5.74, 6) is 1.79. The fraction of sp³-hybridized carbons (Fsp3) is 0.435. The molecule has 1 aliphatic rings. The van der Waals surface area contributed by atoms with Crippen LogP contribution in [0.3, 0.4) is 0 Å². The predicted molar refractivity (Wildman–Crippen MR) is 111 cm³/mol. The maximum absolute atomic E-state index is 11.6. The van der Waals surface area contributed by atoms with E-state index in [2.05, 4.69) is 42.6 Å². The molecule has 0 aromatic heterocycles. The molecule has 150 valence electrons. The van der Waals surface area contributed by atoms with Gasteiger partial charge in [-0.1, -0.05) is 35.9 Å². The van der Waals surface area contributed by atoms with Crippen LogP contribution in [0.1, 0.15) is 36.0 Å². The minimum Gasteiger partial charge on any atom is -0.493 e. The van der Waals surface area contributed by atoms with Crippen LogP contribution in [-0.2, 0) is 17.9 Å². The molecule has 1 aliphatic heterocycles. The number of hydrogen-bond donors (Lipinski definition) is 1. The number of ether oxygens (including phenoxy) is 2. The smallest absolute Gasteiger partial charge is 0.222 e. The van der Waals surface area contributed by atoms with Crippen molar-refractivity contribution >= 4 is 5.91 Å². The molecule has 1 saturated heterocycles. The van der Waals surface area contributed by atoms with Crippen molar-refractivity contribution in [2.75, 3.05) is 26.7 Å². The maximum Gasteiger partial charge on any atom is 0.222 e. The minimum absolute atomic E-state index is 0.297. The van der Waals surface area contributed by atoms with Crippen LogP contribution in [0, 0.1) is 6.92 Å². The van der Waals surface area contributed by atoms with E-state index >= 15 is 0 Å². The molecule has 1 amide bonds. The Kier molecular flexibility index (Phi) is 7.31. The molecule has 3 rings (SSSR count). The van der Waals surface area contributed by atoms with Gasteiger partial charge in [-0.3, -0.25) is 4.79 Å². The van der Waals surface area contributed by atoms with Gasteiger partial charge in [0.2, 0.25) is 5.91 Å². The average molecular weight is 383 g/mol. The van der Waals surface area contributed by atoms with Crippen LogP contribution < -0.4 is 14.8 Å². The molecular formula is C23H30N2O3. The van der Waals surface area contributed by atoms with Crippen LogP contribution in [-0.4, -0.2) is 37.6 Å². The van der Waals surface area contributed by atoms with Crippen LogP contribution in [0.15, 0.2) is 42.5 Å². The number of rotatable bonds is 10. The Hall–Kier alpha value is -2.53. The SMILES string of the molecule is COc1cc(CNCCCN2CCCC2=O)ccc1OCc1ccc(C)cc1. The molecule has 5 nitrogen and oxygen atoms in total. The molecule has 0 radical (unpaired) electrons. The summed E-state index contributed by atoms with van der Waals surface area (Å²) in [5, 5.41) is 3.44. The van der Waals surface area contributed by atoms with Gasteiger partial charge in [0.05, 0.1) is 7.11 Å². The topological polar surface area (TPSA) is 50.8 Å². The molecule has 0 saturated carbocycles. The van der Waals surface area contributed by atoms with Crippen molar-refractivity contribution in [3.05, 3.63) is 59.2 Å². The first kappa shape index (κ1) is 20.2. The second-order valence-electron chi connectivity index (χ2n) is 7.27. The molecule has 5 heteroatoms. The molecular weight excluding hydrogens is 352 g/mol. The number of amides is 1. The lowest BCUT2D eigenvalue weighted by Gasteiger charge is -2.15. The first-order valence-electron chi connectivity index (χ1n) is 9.99. The number of hydrogen-bond acceptors (Lipinski definition) is 4. The number of nitrogens with one attached hydrogen (secondary N) is 1. The average Bonchev–Trinajstić information content (AvgIpc) is 3.12. The molecule has 0 spiro atoms. The molecule has 2 aromatic rings. The van der Waals surface area contributed by atoms with E-state index in [0.29, 0.717) is 18.9 Å². The van der Waals surface area contributed by atoms with Gasteiger partial charge in [-0.05, 0) is 49.6 Å². The van der Waals surface area contributed by atoms with Crippen molar-refractivity contribution in [3.8, 4) is 11.5 Å². The molecule has 0 atom stereocenters. The largest absolute Gasteiger partial charge is 0.493 e. The van der Waals surface area contributed by atoms with Crippen LogP contribution in [0.4, 0.5) is 0 Å². The van der Waals surface area contributed by atoms with Crippen LogP contribution in [0.5, 0.6) is 11.5 Å². The fourth-order valence-electron chi connectivity index (χ4n) is 3.35. The van der Waals surface area contributed by atoms with Crippen molar-refractivity contribution in [2.45, 2.75) is 39.3 Å². The highest BCUT2D eigenvalue weighted by Crippen LogP contribution is 2.29. The summed E-state index contributed by atoms with van der Waals surface area (Å²) in [6.45, 7) is 6.01. The lowest BCUT2D eigenvalue weighted by atomic mass is 10.1. The Balaban J connectivity index is 1.44. The molecule has 1 fully saturated rings. The Morgan fingerprint density at radius 1 is 1.07 bits per heavy atom. The van der Waals surface area contributed by atoms with Crippen molar-refractivity contribution in [2.24, 2.45) is 0 Å². The molecule has 1 heterocycles. The van der Waals surface area contributed by atoms with Gasteiger partial charge < -0.3 is 19.7 Å². The van der Waals surface area contributed by atoms with Crippen molar-refractivity contribution in [1.29, 1.82) is 0 Å². The number of carbonyl (C=O) groups excluding carboxylic acids is 1. The molecule has 2 aromatic carbocycles. The normalized spacial score (nSPS) is 13.8. The summed E-state index contributed by atoms with van der Waals surface area (Å²) < 4.78 is 11.4. The minimum atomic E-state index is 0.297. The van der Waals surface area contributed by atoms with Crippen LogP contribution >= 0.6 is 0 Å². The maximum atomic E-state index is 11.6. The molecule has 28 heavy (non-hydrogen) atoms. The third-order valence-electron chi connectivity index (χ3n) is 5.03. The first-order chi connectivity index (χ1) is 13.7. The summed E-state index contributed by atoms with van der Waals surface area (Å²) >= 11 is 0. The first-order valence-corrected chi connectivity index (χ1v) is 9.99. The van der Waals surface area contributed by atoms with Gasteiger partial charge in [-0.2, -0.15) is 0 Å². The van der Waals surface area contributed by atoms with Crippen molar-refractivity contribution in [3.63, 3.8) is 0 Å². The van der Waals surface area contributed by atoms with Crippen LogP contribution in [0.25, 0.3) is 0 Å². The van der Waals surface area contributed by atoms with E-state index < -0.39 is 0 Å².